The number of imidazole rings is 1. The number of hydrogen-bond donors (Lipinski definition) is 2. The van der Waals surface area contributed by atoms with Crippen LogP contribution in [0.1, 0.15) is 12.7 Å². The van der Waals surface area contributed by atoms with Crippen LogP contribution in [0.15, 0.2) is 12.4 Å². The van der Waals surface area contributed by atoms with Gasteiger partial charge in [0.1, 0.15) is 5.82 Å². The molecule has 1 aromatic heterocycles. The number of nitrogens with zero attached hydrogens (tertiary/aromatic N) is 1. The van der Waals surface area contributed by atoms with Crippen LogP contribution in [-0.2, 0) is 6.42 Å². The maximum absolute atomic E-state index is 4.09. The van der Waals surface area contributed by atoms with Crippen LogP contribution in [0.5, 0.6) is 0 Å². The second kappa shape index (κ2) is 4.06. The minimum absolute atomic E-state index is 0.987. The lowest BCUT2D eigenvalue weighted by atomic mass is 10.4. The normalized spacial score (nSPS) is 10.1. The van der Waals surface area contributed by atoms with Crippen molar-refractivity contribution in [1.82, 2.24) is 15.3 Å². The SMILES string of the molecule is CCNCCc1ncc[nH]1. The van der Waals surface area contributed by atoms with Crippen molar-refractivity contribution >= 4 is 0 Å². The molecule has 0 fully saturated rings. The first-order chi connectivity index (χ1) is 4.93. The minimum Gasteiger partial charge on any atom is -0.349 e. The summed E-state index contributed by atoms with van der Waals surface area (Å²) in [5.74, 6) is 1.06. The third-order valence-electron chi connectivity index (χ3n) is 1.34. The number of aromatic nitrogens is 2. The van der Waals surface area contributed by atoms with E-state index in [0.29, 0.717) is 0 Å². The third kappa shape index (κ3) is 2.19. The number of aromatic amines is 1. The van der Waals surface area contributed by atoms with Gasteiger partial charge >= 0.3 is 0 Å². The van der Waals surface area contributed by atoms with Crippen LogP contribution < -0.4 is 5.32 Å². The van der Waals surface area contributed by atoms with Gasteiger partial charge in [-0.05, 0) is 6.54 Å². The maximum atomic E-state index is 4.09. The zero-order chi connectivity index (χ0) is 7.23. The van der Waals surface area contributed by atoms with Crippen LogP contribution in [0.25, 0.3) is 0 Å². The maximum Gasteiger partial charge on any atom is 0.107 e. The Morgan fingerprint density at radius 3 is 3.20 bits per heavy atom. The van der Waals surface area contributed by atoms with Crippen molar-refractivity contribution in [2.24, 2.45) is 0 Å². The predicted molar refractivity (Wildman–Crippen MR) is 40.8 cm³/mol. The minimum atomic E-state index is 0.987. The van der Waals surface area contributed by atoms with E-state index >= 15 is 0 Å². The molecule has 0 atom stereocenters. The van der Waals surface area contributed by atoms with Crippen molar-refractivity contribution in [2.45, 2.75) is 13.3 Å². The number of nitrogens with one attached hydrogen (secondary N) is 2. The zero-order valence-electron chi connectivity index (χ0n) is 6.22. The van der Waals surface area contributed by atoms with Gasteiger partial charge in [-0.2, -0.15) is 0 Å². The van der Waals surface area contributed by atoms with Gasteiger partial charge in [0.25, 0.3) is 0 Å². The zero-order valence-corrected chi connectivity index (χ0v) is 6.22. The van der Waals surface area contributed by atoms with Crippen LogP contribution in [0, 0.1) is 0 Å². The molecule has 0 bridgehead atoms. The first kappa shape index (κ1) is 7.28. The third-order valence-corrected chi connectivity index (χ3v) is 1.34. The van der Waals surface area contributed by atoms with Gasteiger partial charge in [0.15, 0.2) is 0 Å². The Bertz CT molecular complexity index is 157. The van der Waals surface area contributed by atoms with Gasteiger partial charge in [0.2, 0.25) is 0 Å². The highest BCUT2D eigenvalue weighted by atomic mass is 14.9. The number of rotatable bonds is 4. The number of likely N-dealkylation sites (N-methyl/N-ethyl adjacent to an activating group) is 1. The monoisotopic (exact) mass is 139 g/mol. The predicted octanol–water partition coefficient (Wildman–Crippen LogP) is 0.562. The Labute approximate surface area is 60.9 Å². The first-order valence-electron chi connectivity index (χ1n) is 3.62. The summed E-state index contributed by atoms with van der Waals surface area (Å²) in [6, 6.07) is 0. The molecule has 0 saturated heterocycles. The molecule has 1 heterocycles. The molecular weight excluding hydrogens is 126 g/mol. The molecule has 0 aliphatic heterocycles. The molecule has 3 nitrogen and oxygen atoms in total. The summed E-state index contributed by atoms with van der Waals surface area (Å²) < 4.78 is 0. The fourth-order valence-corrected chi connectivity index (χ4v) is 0.818. The second-order valence-electron chi connectivity index (χ2n) is 2.14. The van der Waals surface area contributed by atoms with E-state index in [9.17, 15) is 0 Å². The van der Waals surface area contributed by atoms with E-state index in [2.05, 4.69) is 22.2 Å². The van der Waals surface area contributed by atoms with Crippen LogP contribution in [-0.4, -0.2) is 23.1 Å². The Balaban J connectivity index is 2.15. The van der Waals surface area contributed by atoms with Gasteiger partial charge in [-0.3, -0.25) is 0 Å². The second-order valence-corrected chi connectivity index (χ2v) is 2.14. The molecular formula is C7H13N3. The Hall–Kier alpha value is -0.830. The molecule has 0 aromatic carbocycles. The van der Waals surface area contributed by atoms with E-state index < -0.39 is 0 Å². The van der Waals surface area contributed by atoms with Crippen LogP contribution >= 0.6 is 0 Å². The fourth-order valence-electron chi connectivity index (χ4n) is 0.818. The standard InChI is InChI=1S/C7H13N3/c1-2-8-4-3-7-9-5-6-10-7/h5-6,8H,2-4H2,1H3,(H,9,10). The van der Waals surface area contributed by atoms with Crippen LogP contribution in [0.4, 0.5) is 0 Å². The lowest BCUT2D eigenvalue weighted by molar-refractivity contribution is 0.701. The summed E-state index contributed by atoms with van der Waals surface area (Å²) in [4.78, 5) is 7.14. The number of hydrogen-bond acceptors (Lipinski definition) is 2. The van der Waals surface area contributed by atoms with Crippen molar-refractivity contribution in [3.63, 3.8) is 0 Å². The summed E-state index contributed by atoms with van der Waals surface area (Å²) in [6.45, 7) is 4.13. The van der Waals surface area contributed by atoms with Crippen molar-refractivity contribution < 1.29 is 0 Å². The Morgan fingerprint density at radius 1 is 1.70 bits per heavy atom. The molecule has 2 N–H and O–H groups in total. The van der Waals surface area contributed by atoms with Crippen molar-refractivity contribution in [3.05, 3.63) is 18.2 Å². The largest absolute Gasteiger partial charge is 0.349 e. The van der Waals surface area contributed by atoms with Gasteiger partial charge in [-0.25, -0.2) is 4.98 Å². The topological polar surface area (TPSA) is 40.7 Å². The highest BCUT2D eigenvalue weighted by Gasteiger charge is 1.90. The average Bonchev–Trinajstić information content (AvgIpc) is 2.41. The van der Waals surface area contributed by atoms with E-state index in [4.69, 9.17) is 0 Å². The summed E-state index contributed by atoms with van der Waals surface area (Å²) >= 11 is 0. The summed E-state index contributed by atoms with van der Waals surface area (Å²) in [5.41, 5.74) is 0. The molecule has 0 radical (unpaired) electrons. The summed E-state index contributed by atoms with van der Waals surface area (Å²) in [7, 11) is 0. The van der Waals surface area contributed by atoms with Crippen LogP contribution in [0.3, 0.4) is 0 Å². The lowest BCUT2D eigenvalue weighted by Gasteiger charge is -1.96. The van der Waals surface area contributed by atoms with Gasteiger partial charge in [-0.1, -0.05) is 6.92 Å². The van der Waals surface area contributed by atoms with E-state index in [1.807, 2.05) is 6.20 Å². The molecule has 0 amide bonds. The van der Waals surface area contributed by atoms with Gasteiger partial charge in [0.05, 0.1) is 0 Å². The smallest absolute Gasteiger partial charge is 0.107 e. The molecule has 0 aliphatic rings. The molecule has 1 rings (SSSR count). The van der Waals surface area contributed by atoms with Crippen molar-refractivity contribution in [2.75, 3.05) is 13.1 Å². The van der Waals surface area contributed by atoms with E-state index in [-0.39, 0.29) is 0 Å². The first-order valence-corrected chi connectivity index (χ1v) is 3.62. The molecule has 56 valence electrons. The lowest BCUT2D eigenvalue weighted by Crippen LogP contribution is -2.16. The van der Waals surface area contributed by atoms with Crippen molar-refractivity contribution in [3.8, 4) is 0 Å². The average molecular weight is 139 g/mol. The molecule has 0 saturated carbocycles. The molecule has 0 unspecified atom stereocenters. The van der Waals surface area contributed by atoms with E-state index in [1.54, 1.807) is 6.20 Å². The van der Waals surface area contributed by atoms with Crippen LogP contribution in [0.2, 0.25) is 0 Å². The Morgan fingerprint density at radius 2 is 2.60 bits per heavy atom. The van der Waals surface area contributed by atoms with Crippen molar-refractivity contribution in [1.29, 1.82) is 0 Å². The Kier molecular flexibility index (Phi) is 2.96. The molecule has 1 aromatic rings. The van der Waals surface area contributed by atoms with Gasteiger partial charge in [-0.15, -0.1) is 0 Å². The highest BCUT2D eigenvalue weighted by Crippen LogP contribution is 1.87. The number of H-pyrrole nitrogens is 1. The molecule has 0 aliphatic carbocycles. The quantitative estimate of drug-likeness (QED) is 0.598. The van der Waals surface area contributed by atoms with Gasteiger partial charge < -0.3 is 10.3 Å². The fraction of sp³-hybridized carbons (Fsp3) is 0.571. The molecule has 3 heteroatoms. The molecule has 0 spiro atoms. The summed E-state index contributed by atoms with van der Waals surface area (Å²) in [6.07, 6.45) is 4.61. The van der Waals surface area contributed by atoms with Gasteiger partial charge in [0, 0.05) is 25.4 Å². The highest BCUT2D eigenvalue weighted by molar-refractivity contribution is 4.87. The summed E-state index contributed by atoms with van der Waals surface area (Å²) in [5, 5.41) is 3.23. The molecule has 10 heavy (non-hydrogen) atoms. The van der Waals surface area contributed by atoms with E-state index in [0.717, 1.165) is 25.3 Å². The van der Waals surface area contributed by atoms with E-state index in [1.165, 1.54) is 0 Å².